The molecule has 0 bridgehead atoms. The van der Waals surface area contributed by atoms with Crippen LogP contribution in [0.1, 0.15) is 155 Å². The van der Waals surface area contributed by atoms with Crippen LogP contribution in [0.25, 0.3) is 0 Å². The summed E-state index contributed by atoms with van der Waals surface area (Å²) in [6, 6.07) is 0. The molecular weight excluding hydrogens is 619 g/mol. The standard InChI is InChI=1S/2C18H40NO2.H3O4P/c2*1-4-5-6-7-8-9-10-11-12-13-14-18(21)17-19(2,3)15-16-20;1-5(2,3)4/h2*18,20-21H,4-17H2,1-3H3;(H3,1,2,3,4)/q2*+1;/p-2. The molecule has 0 aliphatic carbocycles. The molecule has 288 valence electrons. The van der Waals surface area contributed by atoms with Gasteiger partial charge < -0.3 is 48.6 Å². The summed E-state index contributed by atoms with van der Waals surface area (Å²) in [5.74, 6) is 0. The average molecular weight is 701 g/mol. The van der Waals surface area contributed by atoms with Gasteiger partial charge in [0.25, 0.3) is 0 Å². The third kappa shape index (κ3) is 50.4. The highest BCUT2D eigenvalue weighted by molar-refractivity contribution is 7.42. The van der Waals surface area contributed by atoms with E-state index in [1.807, 2.05) is 0 Å². The van der Waals surface area contributed by atoms with E-state index in [-0.39, 0.29) is 25.4 Å². The number of aliphatic hydroxyl groups excluding tert-OH is 4. The second kappa shape index (κ2) is 34.3. The number of quaternary nitrogens is 2. The molecule has 2 unspecified atom stereocenters. The number of nitrogens with zero attached hydrogens (tertiary/aromatic N) is 2. The van der Waals surface area contributed by atoms with Gasteiger partial charge >= 0.3 is 0 Å². The molecule has 11 heteroatoms. The molecule has 0 spiro atoms. The Balaban J connectivity index is -0.000000719. The maximum atomic E-state index is 10.0. The van der Waals surface area contributed by atoms with Crippen molar-refractivity contribution in [2.45, 2.75) is 167 Å². The van der Waals surface area contributed by atoms with Crippen LogP contribution in [0.2, 0.25) is 0 Å². The highest BCUT2D eigenvalue weighted by Crippen LogP contribution is 2.15. The summed E-state index contributed by atoms with van der Waals surface area (Å²) < 4.78 is 10.1. The predicted octanol–water partition coefficient (Wildman–Crippen LogP) is 5.26. The summed E-state index contributed by atoms with van der Waals surface area (Å²) in [7, 11) is 3.13. The summed E-state index contributed by atoms with van der Waals surface area (Å²) in [5, 5.41) is 38.0. The molecule has 0 aliphatic rings. The fraction of sp³-hybridized carbons (Fsp3) is 1.00. The first-order valence-electron chi connectivity index (χ1n) is 19.0. The SMILES string of the molecule is CCCCCCCCCCCCC(O)C[N+](C)(C)CCO.CCCCCCCCCCCCC(O)C[N+](C)(C)CCO.O=P([O-])([O-])O. The van der Waals surface area contributed by atoms with Crippen LogP contribution in [-0.4, -0.2) is 114 Å². The third-order valence-electron chi connectivity index (χ3n) is 8.60. The normalized spacial score (nSPS) is 13.4. The molecule has 0 aromatic carbocycles. The van der Waals surface area contributed by atoms with E-state index in [1.165, 1.54) is 116 Å². The molecule has 0 aliphatic heterocycles. The van der Waals surface area contributed by atoms with Crippen molar-refractivity contribution in [1.82, 2.24) is 0 Å². The second-order valence-electron chi connectivity index (χ2n) is 14.8. The Hall–Kier alpha value is -0.130. The number of likely N-dealkylation sites (N-methyl/N-ethyl adjacent to an activating group) is 2. The number of hydrogen-bond donors (Lipinski definition) is 5. The Morgan fingerprint density at radius 3 is 0.936 bits per heavy atom. The Bertz CT molecular complexity index is 625. The van der Waals surface area contributed by atoms with Crippen LogP contribution in [0.15, 0.2) is 0 Å². The number of phosphoric acid groups is 1. The maximum absolute atomic E-state index is 10.0. The first kappa shape index (κ1) is 51.2. The molecule has 0 amide bonds. The van der Waals surface area contributed by atoms with Crippen LogP contribution in [0.4, 0.5) is 0 Å². The Morgan fingerprint density at radius 1 is 0.511 bits per heavy atom. The summed E-state index contributed by atoms with van der Waals surface area (Å²) in [6.07, 6.45) is 28.1. The van der Waals surface area contributed by atoms with E-state index in [4.69, 9.17) is 29.5 Å². The summed E-state index contributed by atoms with van der Waals surface area (Å²) in [6.45, 7) is 7.84. The summed E-state index contributed by atoms with van der Waals surface area (Å²) in [4.78, 5) is 24.3. The molecule has 0 fully saturated rings. The van der Waals surface area contributed by atoms with Gasteiger partial charge in [0.15, 0.2) is 0 Å². The smallest absolute Gasteiger partial charge is 0.105 e. The van der Waals surface area contributed by atoms with E-state index in [2.05, 4.69) is 42.0 Å². The van der Waals surface area contributed by atoms with E-state index >= 15 is 0 Å². The van der Waals surface area contributed by atoms with Gasteiger partial charge in [-0.2, -0.15) is 0 Å². The largest absolute Gasteiger partial charge is 0.790 e. The van der Waals surface area contributed by atoms with Crippen molar-refractivity contribution in [1.29, 1.82) is 0 Å². The van der Waals surface area contributed by atoms with E-state index in [0.29, 0.717) is 8.97 Å². The van der Waals surface area contributed by atoms with Crippen molar-refractivity contribution < 1.29 is 48.6 Å². The lowest BCUT2D eigenvalue weighted by Gasteiger charge is -2.31. The van der Waals surface area contributed by atoms with Gasteiger partial charge in [-0.1, -0.05) is 142 Å². The molecule has 5 N–H and O–H groups in total. The van der Waals surface area contributed by atoms with Crippen LogP contribution in [-0.2, 0) is 4.57 Å². The lowest BCUT2D eigenvalue weighted by molar-refractivity contribution is -0.893. The van der Waals surface area contributed by atoms with Gasteiger partial charge in [0.1, 0.15) is 38.4 Å². The van der Waals surface area contributed by atoms with E-state index in [1.54, 1.807) is 0 Å². The third-order valence-corrected chi connectivity index (χ3v) is 8.60. The van der Waals surface area contributed by atoms with Gasteiger partial charge in [-0.15, -0.1) is 0 Å². The Labute approximate surface area is 291 Å². The lowest BCUT2D eigenvalue weighted by atomic mass is 10.0. The molecule has 0 aromatic heterocycles. The number of hydrogen-bond acceptors (Lipinski definition) is 7. The van der Waals surface area contributed by atoms with Crippen molar-refractivity contribution in [2.24, 2.45) is 0 Å². The number of rotatable bonds is 30. The van der Waals surface area contributed by atoms with Crippen LogP contribution in [0.5, 0.6) is 0 Å². The first-order chi connectivity index (χ1) is 22.0. The van der Waals surface area contributed by atoms with Gasteiger partial charge in [0.05, 0.1) is 49.2 Å². The zero-order chi connectivity index (χ0) is 36.5. The molecule has 0 rings (SSSR count). The average Bonchev–Trinajstić information content (AvgIpc) is 2.94. The second-order valence-corrected chi connectivity index (χ2v) is 15.8. The predicted molar refractivity (Wildman–Crippen MR) is 193 cm³/mol. The highest BCUT2D eigenvalue weighted by atomic mass is 31.2. The highest BCUT2D eigenvalue weighted by Gasteiger charge is 2.20. The zero-order valence-corrected chi connectivity index (χ0v) is 32.7. The molecule has 0 saturated carbocycles. The van der Waals surface area contributed by atoms with Gasteiger partial charge in [0, 0.05) is 0 Å². The van der Waals surface area contributed by atoms with Gasteiger partial charge in [-0.05, 0) is 12.8 Å². The molecule has 0 aromatic rings. The van der Waals surface area contributed by atoms with Crippen LogP contribution in [0, 0.1) is 0 Å². The molecule has 10 nitrogen and oxygen atoms in total. The van der Waals surface area contributed by atoms with Crippen molar-refractivity contribution in [3.05, 3.63) is 0 Å². The molecular formula is C36H81N2O8P. The molecule has 0 saturated heterocycles. The minimum atomic E-state index is -5.14. The summed E-state index contributed by atoms with van der Waals surface area (Å²) >= 11 is 0. The van der Waals surface area contributed by atoms with Crippen LogP contribution < -0.4 is 9.79 Å². The maximum Gasteiger partial charge on any atom is 0.105 e. The van der Waals surface area contributed by atoms with Gasteiger partial charge in [-0.25, -0.2) is 0 Å². The number of aliphatic hydroxyl groups is 4. The van der Waals surface area contributed by atoms with E-state index < -0.39 is 7.82 Å². The molecule has 0 radical (unpaired) electrons. The fourth-order valence-corrected chi connectivity index (χ4v) is 5.78. The van der Waals surface area contributed by atoms with E-state index in [0.717, 1.165) is 51.9 Å². The van der Waals surface area contributed by atoms with Crippen molar-refractivity contribution >= 4 is 7.82 Å². The first-order valence-corrected chi connectivity index (χ1v) is 20.5. The Kier molecular flexibility index (Phi) is 37.4. The minimum Gasteiger partial charge on any atom is -0.790 e. The summed E-state index contributed by atoms with van der Waals surface area (Å²) in [5.41, 5.74) is 0. The fourth-order valence-electron chi connectivity index (χ4n) is 5.78. The van der Waals surface area contributed by atoms with Gasteiger partial charge in [-0.3, -0.25) is 0 Å². The zero-order valence-electron chi connectivity index (χ0n) is 31.8. The number of unbranched alkanes of at least 4 members (excludes halogenated alkanes) is 18. The van der Waals surface area contributed by atoms with Crippen LogP contribution in [0.3, 0.4) is 0 Å². The molecule has 2 atom stereocenters. The topological polar surface area (TPSA) is 164 Å². The minimum absolute atomic E-state index is 0.192. The van der Waals surface area contributed by atoms with Crippen molar-refractivity contribution in [3.63, 3.8) is 0 Å². The molecule has 47 heavy (non-hydrogen) atoms. The monoisotopic (exact) mass is 701 g/mol. The molecule has 0 heterocycles. The van der Waals surface area contributed by atoms with Gasteiger partial charge in [0.2, 0.25) is 0 Å². The van der Waals surface area contributed by atoms with E-state index in [9.17, 15) is 10.2 Å². The lowest BCUT2D eigenvalue weighted by Crippen LogP contribution is -2.47. The van der Waals surface area contributed by atoms with Crippen molar-refractivity contribution in [2.75, 3.05) is 67.6 Å². The quantitative estimate of drug-likeness (QED) is 0.0385. The van der Waals surface area contributed by atoms with Crippen molar-refractivity contribution in [3.8, 4) is 0 Å². The van der Waals surface area contributed by atoms with Crippen LogP contribution >= 0.6 is 7.82 Å². The Morgan fingerprint density at radius 2 is 0.723 bits per heavy atom.